The fourth-order valence-electron chi connectivity index (χ4n) is 3.28. The van der Waals surface area contributed by atoms with Gasteiger partial charge in [0.05, 0.1) is 15.6 Å². The third-order valence-corrected chi connectivity index (χ3v) is 6.83. The minimum atomic E-state index is -0.543. The van der Waals surface area contributed by atoms with Crippen molar-refractivity contribution in [2.45, 2.75) is 13.5 Å². The van der Waals surface area contributed by atoms with E-state index in [9.17, 15) is 14.4 Å². The highest BCUT2D eigenvalue weighted by Crippen LogP contribution is 2.35. The summed E-state index contributed by atoms with van der Waals surface area (Å²) in [6.45, 7) is 1.96. The van der Waals surface area contributed by atoms with Crippen LogP contribution in [0.4, 0.5) is 10.5 Å². The lowest BCUT2D eigenvalue weighted by Gasteiger charge is -2.13. The molecule has 6 nitrogen and oxygen atoms in total. The molecule has 0 bridgehead atoms. The Hall–Kier alpha value is -3.07. The molecule has 3 aromatic rings. The van der Waals surface area contributed by atoms with Gasteiger partial charge in [-0.05, 0) is 60.7 Å². The van der Waals surface area contributed by atoms with Crippen LogP contribution in [-0.2, 0) is 16.2 Å². The number of hydrogen-bond donors (Lipinski definition) is 1. The van der Waals surface area contributed by atoms with Crippen LogP contribution < -0.4 is 10.1 Å². The monoisotopic (exact) mass is 570 g/mol. The number of nitrogens with zero attached hydrogens (tertiary/aromatic N) is 1. The van der Waals surface area contributed by atoms with E-state index in [1.165, 1.54) is 0 Å². The van der Waals surface area contributed by atoms with Crippen LogP contribution in [0.2, 0.25) is 5.02 Å². The summed E-state index contributed by atoms with van der Waals surface area (Å²) in [6.07, 6.45) is 1.60. The van der Waals surface area contributed by atoms with Crippen molar-refractivity contribution in [2.24, 2.45) is 0 Å². The van der Waals surface area contributed by atoms with Gasteiger partial charge in [0.1, 0.15) is 18.9 Å². The average Bonchev–Trinajstić information content (AvgIpc) is 3.08. The lowest BCUT2D eigenvalue weighted by Crippen LogP contribution is -2.36. The van der Waals surface area contributed by atoms with Crippen LogP contribution >= 0.6 is 39.3 Å². The van der Waals surface area contributed by atoms with E-state index in [1.54, 1.807) is 36.4 Å². The normalized spacial score (nSPS) is 14.5. The summed E-state index contributed by atoms with van der Waals surface area (Å²) in [6, 6.07) is 20.2. The van der Waals surface area contributed by atoms with Gasteiger partial charge in [-0.1, -0.05) is 69.5 Å². The Kier molecular flexibility index (Phi) is 7.95. The van der Waals surface area contributed by atoms with Crippen LogP contribution in [0.25, 0.3) is 6.08 Å². The second kappa shape index (κ2) is 11.1. The molecule has 0 saturated carbocycles. The van der Waals surface area contributed by atoms with Gasteiger partial charge in [0, 0.05) is 10.0 Å². The van der Waals surface area contributed by atoms with Gasteiger partial charge in [0.25, 0.3) is 11.1 Å². The van der Waals surface area contributed by atoms with Gasteiger partial charge in [0.2, 0.25) is 5.91 Å². The molecule has 3 amide bonds. The lowest BCUT2D eigenvalue weighted by atomic mass is 10.1. The molecule has 1 saturated heterocycles. The zero-order chi connectivity index (χ0) is 24.9. The van der Waals surface area contributed by atoms with E-state index < -0.39 is 23.6 Å². The number of para-hydroxylation sites is 1. The molecule has 35 heavy (non-hydrogen) atoms. The Bertz CT molecular complexity index is 1330. The molecule has 1 aliphatic rings. The molecule has 0 unspecified atom stereocenters. The average molecular weight is 572 g/mol. The highest BCUT2D eigenvalue weighted by atomic mass is 79.9. The number of halogens is 2. The maximum atomic E-state index is 12.9. The minimum Gasteiger partial charge on any atom is -0.488 e. The highest BCUT2D eigenvalue weighted by molar-refractivity contribution is 9.10. The number of hydrogen-bond acceptors (Lipinski definition) is 5. The SMILES string of the molecule is Cc1ccc(COc2ccc(Br)cc2/C=C2/SC(=O)N(CC(=O)Nc3ccccc3Cl)C2=O)cc1. The van der Waals surface area contributed by atoms with E-state index >= 15 is 0 Å². The van der Waals surface area contributed by atoms with E-state index in [2.05, 4.69) is 21.2 Å². The zero-order valence-corrected chi connectivity index (χ0v) is 21.7. The van der Waals surface area contributed by atoms with E-state index in [0.29, 0.717) is 28.6 Å². The van der Waals surface area contributed by atoms with Gasteiger partial charge in [-0.2, -0.15) is 0 Å². The maximum absolute atomic E-state index is 12.9. The van der Waals surface area contributed by atoms with Crippen molar-refractivity contribution in [2.75, 3.05) is 11.9 Å². The molecule has 0 aromatic heterocycles. The number of rotatable bonds is 7. The first kappa shape index (κ1) is 25.0. The summed E-state index contributed by atoms with van der Waals surface area (Å²) in [4.78, 5) is 39.0. The molecule has 1 fully saturated rings. The Morgan fingerprint density at radius 3 is 2.60 bits per heavy atom. The number of nitrogens with one attached hydrogen (secondary N) is 1. The predicted octanol–water partition coefficient (Wildman–Crippen LogP) is 6.66. The van der Waals surface area contributed by atoms with Crippen LogP contribution in [0.15, 0.2) is 76.1 Å². The minimum absolute atomic E-state index is 0.207. The van der Waals surface area contributed by atoms with Gasteiger partial charge in [-0.15, -0.1) is 0 Å². The number of amides is 3. The van der Waals surface area contributed by atoms with E-state index in [4.69, 9.17) is 16.3 Å². The number of aryl methyl sites for hydroxylation is 1. The standard InChI is InChI=1S/C26H20BrClN2O4S/c1-16-6-8-17(9-7-16)15-34-22-11-10-19(27)12-18(22)13-23-25(32)30(26(33)35-23)14-24(31)29-21-5-3-2-4-20(21)28/h2-13H,14-15H2,1H3,(H,29,31)/b23-13+. The number of benzene rings is 3. The molecule has 0 spiro atoms. The molecular formula is C26H20BrClN2O4S. The van der Waals surface area contributed by atoms with Gasteiger partial charge >= 0.3 is 0 Å². The summed E-state index contributed by atoms with van der Waals surface area (Å²) in [5.41, 5.74) is 3.22. The van der Waals surface area contributed by atoms with Crippen molar-refractivity contribution in [1.82, 2.24) is 4.90 Å². The number of ether oxygens (including phenoxy) is 1. The Morgan fingerprint density at radius 2 is 1.86 bits per heavy atom. The van der Waals surface area contributed by atoms with Crippen molar-refractivity contribution in [1.29, 1.82) is 0 Å². The third-order valence-electron chi connectivity index (χ3n) is 5.10. The number of carbonyl (C=O) groups excluding carboxylic acids is 3. The fourth-order valence-corrected chi connectivity index (χ4v) is 4.67. The smallest absolute Gasteiger partial charge is 0.294 e. The first-order valence-corrected chi connectivity index (χ1v) is 12.6. The van der Waals surface area contributed by atoms with Crippen LogP contribution in [-0.4, -0.2) is 28.5 Å². The van der Waals surface area contributed by atoms with Crippen LogP contribution in [0, 0.1) is 6.92 Å². The molecular weight excluding hydrogens is 552 g/mol. The first-order valence-electron chi connectivity index (χ1n) is 10.6. The van der Waals surface area contributed by atoms with Gasteiger partial charge < -0.3 is 10.1 Å². The van der Waals surface area contributed by atoms with Gasteiger partial charge in [0.15, 0.2) is 0 Å². The predicted molar refractivity (Wildman–Crippen MR) is 142 cm³/mol. The number of anilines is 1. The fraction of sp³-hybridized carbons (Fsp3) is 0.115. The molecule has 1 heterocycles. The molecule has 1 N–H and O–H groups in total. The molecule has 0 atom stereocenters. The van der Waals surface area contributed by atoms with Crippen molar-refractivity contribution in [3.05, 3.63) is 97.8 Å². The Labute approximate surface area is 220 Å². The molecule has 178 valence electrons. The number of imide groups is 1. The summed E-state index contributed by atoms with van der Waals surface area (Å²) in [5.74, 6) is -0.498. The van der Waals surface area contributed by atoms with Gasteiger partial charge in [-0.25, -0.2) is 0 Å². The van der Waals surface area contributed by atoms with E-state index in [1.807, 2.05) is 43.3 Å². The van der Waals surface area contributed by atoms with Crippen LogP contribution in [0.3, 0.4) is 0 Å². The van der Waals surface area contributed by atoms with Crippen molar-refractivity contribution < 1.29 is 19.1 Å². The zero-order valence-electron chi connectivity index (χ0n) is 18.6. The van der Waals surface area contributed by atoms with Crippen molar-refractivity contribution >= 4 is 68.1 Å². The summed E-state index contributed by atoms with van der Waals surface area (Å²) in [7, 11) is 0. The second-order valence-corrected chi connectivity index (χ2v) is 10.1. The third kappa shape index (κ3) is 6.33. The quantitative estimate of drug-likeness (QED) is 0.321. The summed E-state index contributed by atoms with van der Waals surface area (Å²) < 4.78 is 6.79. The Morgan fingerprint density at radius 1 is 1.11 bits per heavy atom. The van der Waals surface area contributed by atoms with Crippen LogP contribution in [0.1, 0.15) is 16.7 Å². The largest absolute Gasteiger partial charge is 0.488 e. The molecule has 9 heteroatoms. The van der Waals surface area contributed by atoms with Crippen molar-refractivity contribution in [3.63, 3.8) is 0 Å². The number of carbonyl (C=O) groups is 3. The van der Waals surface area contributed by atoms with E-state index in [0.717, 1.165) is 32.3 Å². The molecule has 4 rings (SSSR count). The Balaban J connectivity index is 1.48. The lowest BCUT2D eigenvalue weighted by molar-refractivity contribution is -0.127. The van der Waals surface area contributed by atoms with Crippen LogP contribution in [0.5, 0.6) is 5.75 Å². The topological polar surface area (TPSA) is 75.7 Å². The van der Waals surface area contributed by atoms with E-state index in [-0.39, 0.29) is 4.91 Å². The summed E-state index contributed by atoms with van der Waals surface area (Å²) in [5, 5.41) is 2.47. The molecule has 3 aromatic carbocycles. The maximum Gasteiger partial charge on any atom is 0.294 e. The molecule has 0 radical (unpaired) electrons. The molecule has 0 aliphatic carbocycles. The van der Waals surface area contributed by atoms with Gasteiger partial charge in [-0.3, -0.25) is 19.3 Å². The second-order valence-electron chi connectivity index (χ2n) is 7.75. The van der Waals surface area contributed by atoms with Crippen molar-refractivity contribution in [3.8, 4) is 5.75 Å². The number of thioether (sulfide) groups is 1. The first-order chi connectivity index (χ1) is 16.8. The summed E-state index contributed by atoms with van der Waals surface area (Å²) >= 11 is 10.3. The highest BCUT2D eigenvalue weighted by Gasteiger charge is 2.36. The molecule has 1 aliphatic heterocycles.